The van der Waals surface area contributed by atoms with E-state index in [4.69, 9.17) is 11.5 Å². The molecule has 0 aromatic heterocycles. The number of urea groups is 1. The van der Waals surface area contributed by atoms with E-state index in [1.54, 1.807) is 6.08 Å². The lowest BCUT2D eigenvalue weighted by atomic mass is 10.2. The number of amides is 3. The standard InChI is InChI=1S/C7H14N2O.C6H11NO/c1-6(2)4-3-5-9-7(8)10;1-5(2)3-4-6(7)8/h3-4,6H,5H2,1-2H3,(H3,8,9,10);3-5H,1-2H3,(H2,7,8)/b2*4-3+. The maximum atomic E-state index is 10.1. The molecule has 0 unspecified atom stereocenters. The van der Waals surface area contributed by atoms with Crippen molar-refractivity contribution in [1.82, 2.24) is 5.32 Å². The van der Waals surface area contributed by atoms with Gasteiger partial charge in [-0.15, -0.1) is 0 Å². The molecule has 3 amide bonds. The summed E-state index contributed by atoms with van der Waals surface area (Å²) in [6.07, 6.45) is 7.04. The highest BCUT2D eigenvalue weighted by Gasteiger charge is 1.86. The van der Waals surface area contributed by atoms with E-state index in [-0.39, 0.29) is 5.91 Å². The minimum absolute atomic E-state index is 0.376. The number of allylic oxidation sites excluding steroid dienone is 2. The number of primary amides is 2. The number of hydrogen-bond donors (Lipinski definition) is 3. The van der Waals surface area contributed by atoms with Gasteiger partial charge in [0.1, 0.15) is 0 Å². The molecule has 0 aromatic carbocycles. The van der Waals surface area contributed by atoms with Crippen LogP contribution in [0.3, 0.4) is 0 Å². The summed E-state index contributed by atoms with van der Waals surface area (Å²) in [6.45, 7) is 8.63. The van der Waals surface area contributed by atoms with Crippen molar-refractivity contribution in [2.45, 2.75) is 27.7 Å². The van der Waals surface area contributed by atoms with Gasteiger partial charge in [-0.2, -0.15) is 0 Å². The fraction of sp³-hybridized carbons (Fsp3) is 0.538. The molecule has 0 radical (unpaired) electrons. The number of hydrogen-bond acceptors (Lipinski definition) is 2. The lowest BCUT2D eigenvalue weighted by molar-refractivity contribution is -0.113. The monoisotopic (exact) mass is 255 g/mol. The van der Waals surface area contributed by atoms with Crippen LogP contribution in [0.5, 0.6) is 0 Å². The third kappa shape index (κ3) is 23.8. The third-order valence-corrected chi connectivity index (χ3v) is 1.56. The predicted octanol–water partition coefficient (Wildman–Crippen LogP) is 1.55. The Labute approximate surface area is 109 Å². The zero-order valence-electron chi connectivity index (χ0n) is 11.6. The molecule has 5 nitrogen and oxygen atoms in total. The molecular formula is C13H25N3O2. The minimum Gasteiger partial charge on any atom is -0.366 e. The van der Waals surface area contributed by atoms with E-state index >= 15 is 0 Å². The molecule has 0 saturated heterocycles. The smallest absolute Gasteiger partial charge is 0.312 e. The fourth-order valence-electron chi connectivity index (χ4n) is 0.787. The Bertz CT molecular complexity index is 295. The van der Waals surface area contributed by atoms with Crippen molar-refractivity contribution in [1.29, 1.82) is 0 Å². The highest BCUT2D eigenvalue weighted by molar-refractivity contribution is 5.85. The van der Waals surface area contributed by atoms with Crippen LogP contribution in [0.1, 0.15) is 27.7 Å². The van der Waals surface area contributed by atoms with Crippen LogP contribution in [0.2, 0.25) is 0 Å². The lowest BCUT2D eigenvalue weighted by Gasteiger charge is -1.95. The molecule has 0 aliphatic heterocycles. The Balaban J connectivity index is 0. The van der Waals surface area contributed by atoms with Crippen LogP contribution in [0, 0.1) is 11.8 Å². The number of carbonyl (C=O) groups excluding carboxylic acids is 2. The van der Waals surface area contributed by atoms with Gasteiger partial charge in [0.25, 0.3) is 0 Å². The van der Waals surface area contributed by atoms with Gasteiger partial charge >= 0.3 is 6.03 Å². The molecule has 5 N–H and O–H groups in total. The van der Waals surface area contributed by atoms with E-state index in [2.05, 4.69) is 19.2 Å². The van der Waals surface area contributed by atoms with E-state index in [1.165, 1.54) is 6.08 Å². The Morgan fingerprint density at radius 1 is 1.06 bits per heavy atom. The molecule has 0 bridgehead atoms. The van der Waals surface area contributed by atoms with Crippen LogP contribution < -0.4 is 16.8 Å². The summed E-state index contributed by atoms with van der Waals surface area (Å²) in [6, 6.07) is -0.478. The molecule has 5 heteroatoms. The van der Waals surface area contributed by atoms with E-state index in [9.17, 15) is 9.59 Å². The molecule has 18 heavy (non-hydrogen) atoms. The summed E-state index contributed by atoms with van der Waals surface area (Å²) in [5.74, 6) is 0.552. The summed E-state index contributed by atoms with van der Waals surface area (Å²) >= 11 is 0. The first kappa shape index (κ1) is 18.6. The van der Waals surface area contributed by atoms with Crippen LogP contribution in [-0.4, -0.2) is 18.5 Å². The Morgan fingerprint density at radius 3 is 1.83 bits per heavy atom. The molecule has 0 atom stereocenters. The molecule has 0 aliphatic rings. The van der Waals surface area contributed by atoms with E-state index in [0.29, 0.717) is 18.4 Å². The van der Waals surface area contributed by atoms with Gasteiger partial charge in [-0.25, -0.2) is 4.79 Å². The number of carbonyl (C=O) groups is 2. The number of rotatable bonds is 5. The Hall–Kier alpha value is -1.78. The van der Waals surface area contributed by atoms with Crippen molar-refractivity contribution in [3.63, 3.8) is 0 Å². The van der Waals surface area contributed by atoms with Gasteiger partial charge in [0, 0.05) is 6.54 Å². The van der Waals surface area contributed by atoms with E-state index in [0.717, 1.165) is 0 Å². The molecule has 0 aromatic rings. The molecule has 0 spiro atoms. The van der Waals surface area contributed by atoms with Crippen LogP contribution >= 0.6 is 0 Å². The maximum Gasteiger partial charge on any atom is 0.312 e. The third-order valence-electron chi connectivity index (χ3n) is 1.56. The number of nitrogens with one attached hydrogen (secondary N) is 1. The minimum atomic E-state index is -0.478. The predicted molar refractivity (Wildman–Crippen MR) is 74.7 cm³/mol. The average Bonchev–Trinajstić information content (AvgIpc) is 2.22. The van der Waals surface area contributed by atoms with Gasteiger partial charge < -0.3 is 16.8 Å². The van der Waals surface area contributed by atoms with Crippen molar-refractivity contribution >= 4 is 11.9 Å². The van der Waals surface area contributed by atoms with Crippen molar-refractivity contribution in [3.8, 4) is 0 Å². The van der Waals surface area contributed by atoms with E-state index in [1.807, 2.05) is 26.0 Å². The molecule has 0 rings (SSSR count). The largest absolute Gasteiger partial charge is 0.366 e. The Kier molecular flexibility index (Phi) is 12.1. The normalized spacial score (nSPS) is 10.8. The Morgan fingerprint density at radius 2 is 1.56 bits per heavy atom. The van der Waals surface area contributed by atoms with Gasteiger partial charge in [-0.05, 0) is 17.9 Å². The highest BCUT2D eigenvalue weighted by Crippen LogP contribution is 1.91. The SMILES string of the molecule is CC(C)/C=C/C(N)=O.CC(C)/C=C/CNC(N)=O. The molecule has 0 aliphatic carbocycles. The molecule has 0 fully saturated rings. The van der Waals surface area contributed by atoms with Crippen molar-refractivity contribution in [2.24, 2.45) is 23.3 Å². The van der Waals surface area contributed by atoms with Gasteiger partial charge in [0.15, 0.2) is 0 Å². The first-order valence-electron chi connectivity index (χ1n) is 5.93. The fourth-order valence-corrected chi connectivity index (χ4v) is 0.787. The zero-order chi connectivity index (χ0) is 14.6. The molecular weight excluding hydrogens is 230 g/mol. The van der Waals surface area contributed by atoms with Crippen molar-refractivity contribution in [3.05, 3.63) is 24.3 Å². The van der Waals surface area contributed by atoms with Crippen molar-refractivity contribution in [2.75, 3.05) is 6.54 Å². The summed E-state index contributed by atoms with van der Waals surface area (Å²) in [5.41, 5.74) is 9.64. The summed E-state index contributed by atoms with van der Waals surface area (Å²) in [7, 11) is 0. The van der Waals surface area contributed by atoms with Crippen LogP contribution in [0.15, 0.2) is 24.3 Å². The number of nitrogens with two attached hydrogens (primary N) is 2. The highest BCUT2D eigenvalue weighted by atomic mass is 16.2. The quantitative estimate of drug-likeness (QED) is 0.513. The summed E-state index contributed by atoms with van der Waals surface area (Å²) < 4.78 is 0. The van der Waals surface area contributed by atoms with Crippen LogP contribution in [0.4, 0.5) is 4.79 Å². The second-order valence-corrected chi connectivity index (χ2v) is 4.42. The van der Waals surface area contributed by atoms with Gasteiger partial charge in [-0.3, -0.25) is 4.79 Å². The molecule has 0 saturated carbocycles. The molecule has 0 heterocycles. The second-order valence-electron chi connectivity index (χ2n) is 4.42. The van der Waals surface area contributed by atoms with Gasteiger partial charge in [0.2, 0.25) is 5.91 Å². The topological polar surface area (TPSA) is 98.2 Å². The summed E-state index contributed by atoms with van der Waals surface area (Å²) in [4.78, 5) is 20.2. The maximum absolute atomic E-state index is 10.1. The summed E-state index contributed by atoms with van der Waals surface area (Å²) in [5, 5.41) is 2.45. The zero-order valence-corrected chi connectivity index (χ0v) is 11.6. The first-order chi connectivity index (χ1) is 8.25. The first-order valence-corrected chi connectivity index (χ1v) is 5.93. The van der Waals surface area contributed by atoms with E-state index < -0.39 is 6.03 Å². The van der Waals surface area contributed by atoms with Crippen LogP contribution in [0.25, 0.3) is 0 Å². The van der Waals surface area contributed by atoms with Crippen LogP contribution in [-0.2, 0) is 4.79 Å². The van der Waals surface area contributed by atoms with Gasteiger partial charge in [0.05, 0.1) is 0 Å². The average molecular weight is 255 g/mol. The lowest BCUT2D eigenvalue weighted by Crippen LogP contribution is -2.29. The second kappa shape index (κ2) is 11.7. The van der Waals surface area contributed by atoms with Crippen molar-refractivity contribution < 1.29 is 9.59 Å². The van der Waals surface area contributed by atoms with Gasteiger partial charge in [-0.1, -0.05) is 45.9 Å². The molecule has 104 valence electrons.